The Morgan fingerprint density at radius 3 is 2.62 bits per heavy atom. The summed E-state index contributed by atoms with van der Waals surface area (Å²) in [7, 11) is 0. The van der Waals surface area contributed by atoms with E-state index >= 15 is 0 Å². The molecule has 1 aliphatic heterocycles. The summed E-state index contributed by atoms with van der Waals surface area (Å²) in [4.78, 5) is 14.4. The second-order valence-corrected chi connectivity index (χ2v) is 6.05. The Hall–Kier alpha value is -1.42. The average Bonchev–Trinajstić information content (AvgIpc) is 2.77. The Labute approximate surface area is 126 Å². The molecule has 0 aromatic heterocycles. The summed E-state index contributed by atoms with van der Waals surface area (Å²) in [5.74, 6) is 0.0324. The zero-order chi connectivity index (χ0) is 15.4. The number of hydrogen-bond donors (Lipinski definition) is 1. The van der Waals surface area contributed by atoms with E-state index in [1.807, 2.05) is 19.9 Å². The van der Waals surface area contributed by atoms with Gasteiger partial charge in [-0.05, 0) is 18.4 Å². The first-order valence-electron chi connectivity index (χ1n) is 7.87. The number of carbonyl (C=O) groups is 1. The monoisotopic (exact) mass is 292 g/mol. The molecule has 2 unspecified atom stereocenters. The molecule has 0 spiro atoms. The van der Waals surface area contributed by atoms with Crippen molar-refractivity contribution in [3.8, 4) is 0 Å². The molecule has 2 atom stereocenters. The topological polar surface area (TPSA) is 32.3 Å². The predicted molar refractivity (Wildman–Crippen MR) is 82.1 cm³/mol. The second-order valence-electron chi connectivity index (χ2n) is 6.05. The highest BCUT2D eigenvalue weighted by atomic mass is 19.1. The van der Waals surface area contributed by atoms with Crippen LogP contribution in [0.15, 0.2) is 24.3 Å². The molecule has 0 aliphatic carbocycles. The number of halogens is 1. The molecule has 1 fully saturated rings. The number of amides is 1. The van der Waals surface area contributed by atoms with Crippen LogP contribution in [0.1, 0.15) is 51.8 Å². The lowest BCUT2D eigenvalue weighted by molar-refractivity contribution is -0.130. The van der Waals surface area contributed by atoms with Crippen LogP contribution in [0.3, 0.4) is 0 Å². The van der Waals surface area contributed by atoms with Gasteiger partial charge in [0.15, 0.2) is 0 Å². The second kappa shape index (κ2) is 7.03. The SMILES string of the molecule is CCCCCN1C(=O)C(C(C)C)NC1c1ccccc1F. The summed E-state index contributed by atoms with van der Waals surface area (Å²) < 4.78 is 14.1. The van der Waals surface area contributed by atoms with Gasteiger partial charge in [0.05, 0.1) is 6.04 Å². The zero-order valence-electron chi connectivity index (χ0n) is 13.1. The Bertz CT molecular complexity index is 489. The van der Waals surface area contributed by atoms with Crippen LogP contribution in [0.2, 0.25) is 0 Å². The van der Waals surface area contributed by atoms with Crippen molar-refractivity contribution in [2.24, 2.45) is 5.92 Å². The lowest BCUT2D eigenvalue weighted by Gasteiger charge is -2.24. The van der Waals surface area contributed by atoms with Gasteiger partial charge in [0, 0.05) is 12.1 Å². The van der Waals surface area contributed by atoms with Crippen LogP contribution in [0.4, 0.5) is 4.39 Å². The van der Waals surface area contributed by atoms with Crippen LogP contribution >= 0.6 is 0 Å². The first kappa shape index (κ1) is 16.0. The third kappa shape index (κ3) is 3.43. The van der Waals surface area contributed by atoms with E-state index in [2.05, 4.69) is 12.2 Å². The van der Waals surface area contributed by atoms with Crippen LogP contribution < -0.4 is 5.32 Å². The molecule has 3 nitrogen and oxygen atoms in total. The maximum Gasteiger partial charge on any atom is 0.241 e. The van der Waals surface area contributed by atoms with Crippen LogP contribution in [0.5, 0.6) is 0 Å². The fourth-order valence-electron chi connectivity index (χ4n) is 2.84. The minimum atomic E-state index is -0.344. The summed E-state index contributed by atoms with van der Waals surface area (Å²) in [6, 6.07) is 6.48. The number of unbranched alkanes of at least 4 members (excludes halogenated alkanes) is 2. The van der Waals surface area contributed by atoms with Crippen LogP contribution in [-0.4, -0.2) is 23.4 Å². The molecule has 0 radical (unpaired) electrons. The fourth-order valence-corrected chi connectivity index (χ4v) is 2.84. The summed E-state index contributed by atoms with van der Waals surface area (Å²) >= 11 is 0. The minimum absolute atomic E-state index is 0.0920. The highest BCUT2D eigenvalue weighted by Crippen LogP contribution is 2.29. The maximum absolute atomic E-state index is 14.1. The van der Waals surface area contributed by atoms with Gasteiger partial charge < -0.3 is 4.90 Å². The first-order valence-corrected chi connectivity index (χ1v) is 7.87. The van der Waals surface area contributed by atoms with E-state index in [-0.39, 0.29) is 29.8 Å². The lowest BCUT2D eigenvalue weighted by Crippen LogP contribution is -2.35. The van der Waals surface area contributed by atoms with Crippen molar-refractivity contribution in [1.29, 1.82) is 0 Å². The summed E-state index contributed by atoms with van der Waals surface area (Å²) in [6.45, 7) is 6.85. The van der Waals surface area contributed by atoms with Crippen molar-refractivity contribution in [3.05, 3.63) is 35.6 Å². The lowest BCUT2D eigenvalue weighted by atomic mass is 10.0. The smallest absolute Gasteiger partial charge is 0.241 e. The number of nitrogens with zero attached hydrogens (tertiary/aromatic N) is 1. The van der Waals surface area contributed by atoms with Crippen molar-refractivity contribution >= 4 is 5.91 Å². The molecule has 0 saturated carbocycles. The third-order valence-electron chi connectivity index (χ3n) is 4.07. The molecule has 0 bridgehead atoms. The summed E-state index contributed by atoms with van der Waals surface area (Å²) in [5, 5.41) is 3.31. The van der Waals surface area contributed by atoms with Crippen molar-refractivity contribution in [2.75, 3.05) is 6.54 Å². The molecule has 1 saturated heterocycles. The molecule has 1 aliphatic rings. The van der Waals surface area contributed by atoms with Crippen molar-refractivity contribution in [1.82, 2.24) is 10.2 Å². The average molecular weight is 292 g/mol. The molecular formula is C17H25FN2O. The molecular weight excluding hydrogens is 267 g/mol. The molecule has 21 heavy (non-hydrogen) atoms. The van der Waals surface area contributed by atoms with E-state index in [1.54, 1.807) is 17.0 Å². The number of hydrogen-bond acceptors (Lipinski definition) is 2. The van der Waals surface area contributed by atoms with Gasteiger partial charge in [-0.25, -0.2) is 4.39 Å². The Morgan fingerprint density at radius 2 is 2.00 bits per heavy atom. The van der Waals surface area contributed by atoms with E-state index in [0.29, 0.717) is 12.1 Å². The van der Waals surface area contributed by atoms with E-state index in [4.69, 9.17) is 0 Å². The van der Waals surface area contributed by atoms with E-state index < -0.39 is 0 Å². The Morgan fingerprint density at radius 1 is 1.29 bits per heavy atom. The van der Waals surface area contributed by atoms with Gasteiger partial charge in [-0.15, -0.1) is 0 Å². The van der Waals surface area contributed by atoms with E-state index in [0.717, 1.165) is 19.3 Å². The molecule has 1 amide bonds. The van der Waals surface area contributed by atoms with Crippen LogP contribution in [0, 0.1) is 11.7 Å². The Balaban J connectivity index is 2.23. The standard InChI is InChI=1S/C17H25FN2O/c1-4-5-8-11-20-16(13-9-6-7-10-14(13)18)19-15(12(2)3)17(20)21/h6-7,9-10,12,15-16,19H,4-5,8,11H2,1-3H3. The van der Waals surface area contributed by atoms with Gasteiger partial charge in [-0.2, -0.15) is 0 Å². The van der Waals surface area contributed by atoms with Crippen molar-refractivity contribution in [3.63, 3.8) is 0 Å². The fraction of sp³-hybridized carbons (Fsp3) is 0.588. The van der Waals surface area contributed by atoms with Gasteiger partial charge in [-0.1, -0.05) is 51.8 Å². The quantitative estimate of drug-likeness (QED) is 0.814. The first-order chi connectivity index (χ1) is 10.1. The predicted octanol–water partition coefficient (Wildman–Crippen LogP) is 3.47. The molecule has 2 rings (SSSR count). The molecule has 1 heterocycles. The van der Waals surface area contributed by atoms with Gasteiger partial charge in [0.25, 0.3) is 0 Å². The normalized spacial score (nSPS) is 22.3. The van der Waals surface area contributed by atoms with Gasteiger partial charge in [0.2, 0.25) is 5.91 Å². The van der Waals surface area contributed by atoms with Crippen molar-refractivity contribution < 1.29 is 9.18 Å². The maximum atomic E-state index is 14.1. The highest BCUT2D eigenvalue weighted by Gasteiger charge is 2.41. The largest absolute Gasteiger partial charge is 0.321 e. The third-order valence-corrected chi connectivity index (χ3v) is 4.07. The number of carbonyl (C=O) groups excluding carboxylic acids is 1. The molecule has 1 aromatic rings. The number of rotatable bonds is 6. The Kier molecular flexibility index (Phi) is 5.34. The van der Waals surface area contributed by atoms with Crippen LogP contribution in [-0.2, 0) is 4.79 Å². The van der Waals surface area contributed by atoms with Crippen molar-refractivity contribution in [2.45, 2.75) is 52.2 Å². The molecule has 1 N–H and O–H groups in total. The number of nitrogens with one attached hydrogen (secondary N) is 1. The number of benzene rings is 1. The molecule has 4 heteroatoms. The molecule has 1 aromatic carbocycles. The van der Waals surface area contributed by atoms with E-state index in [9.17, 15) is 9.18 Å². The van der Waals surface area contributed by atoms with Gasteiger partial charge in [-0.3, -0.25) is 10.1 Å². The van der Waals surface area contributed by atoms with Gasteiger partial charge >= 0.3 is 0 Å². The molecule has 116 valence electrons. The zero-order valence-corrected chi connectivity index (χ0v) is 13.1. The summed E-state index contributed by atoms with van der Waals surface area (Å²) in [5.41, 5.74) is 0.561. The highest BCUT2D eigenvalue weighted by molar-refractivity contribution is 5.84. The van der Waals surface area contributed by atoms with Gasteiger partial charge in [0.1, 0.15) is 12.0 Å². The van der Waals surface area contributed by atoms with Crippen LogP contribution in [0.25, 0.3) is 0 Å². The minimum Gasteiger partial charge on any atom is -0.321 e. The van der Waals surface area contributed by atoms with E-state index in [1.165, 1.54) is 6.07 Å². The summed E-state index contributed by atoms with van der Waals surface area (Å²) in [6.07, 6.45) is 2.80.